The molecule has 1 heterocycles. The molecule has 3 heteroatoms. The predicted octanol–water partition coefficient (Wildman–Crippen LogP) is 2.00. The summed E-state index contributed by atoms with van der Waals surface area (Å²) in [6.07, 6.45) is 3.51. The third-order valence-electron chi connectivity index (χ3n) is 3.47. The highest BCUT2D eigenvalue weighted by Crippen LogP contribution is 2.16. The summed E-state index contributed by atoms with van der Waals surface area (Å²) in [6, 6.07) is 2.98. The predicted molar refractivity (Wildman–Crippen MR) is 67.1 cm³/mol. The molecule has 0 radical (unpaired) electrons. The lowest BCUT2D eigenvalue weighted by Gasteiger charge is -2.35. The maximum atomic E-state index is 9.17. The van der Waals surface area contributed by atoms with E-state index in [9.17, 15) is 0 Å². The van der Waals surface area contributed by atoms with Crippen molar-refractivity contribution < 1.29 is 0 Å². The fourth-order valence-corrected chi connectivity index (χ4v) is 2.48. The zero-order chi connectivity index (χ0) is 12.0. The second-order valence-electron chi connectivity index (χ2n) is 5.06. The molecule has 1 saturated heterocycles. The molecular formula is C13H25N3. The summed E-state index contributed by atoms with van der Waals surface area (Å²) in [7, 11) is 0. The van der Waals surface area contributed by atoms with Crippen LogP contribution in [0.4, 0.5) is 0 Å². The largest absolute Gasteiger partial charge is 0.316 e. The van der Waals surface area contributed by atoms with Crippen molar-refractivity contribution in [1.29, 1.82) is 5.26 Å². The molecule has 92 valence electrons. The number of hydrogen-bond acceptors (Lipinski definition) is 3. The smallest absolute Gasteiger partial charge is 0.0977 e. The van der Waals surface area contributed by atoms with Gasteiger partial charge in [-0.1, -0.05) is 6.92 Å². The second kappa shape index (κ2) is 6.88. The van der Waals surface area contributed by atoms with Crippen LogP contribution in [0.15, 0.2) is 0 Å². The second-order valence-corrected chi connectivity index (χ2v) is 5.06. The van der Waals surface area contributed by atoms with Crippen LogP contribution < -0.4 is 5.32 Å². The van der Waals surface area contributed by atoms with E-state index in [1.807, 2.05) is 0 Å². The van der Waals surface area contributed by atoms with Crippen LogP contribution in [0.5, 0.6) is 0 Å². The summed E-state index contributed by atoms with van der Waals surface area (Å²) in [5.74, 6) is 0.721. The zero-order valence-electron chi connectivity index (χ0n) is 10.9. The van der Waals surface area contributed by atoms with E-state index in [0.29, 0.717) is 6.04 Å². The van der Waals surface area contributed by atoms with Gasteiger partial charge in [0.1, 0.15) is 0 Å². The lowest BCUT2D eigenvalue weighted by molar-refractivity contribution is 0.141. The average molecular weight is 223 g/mol. The lowest BCUT2D eigenvalue weighted by atomic mass is 9.97. The Labute approximate surface area is 99.8 Å². The van der Waals surface area contributed by atoms with Crippen LogP contribution in [0.25, 0.3) is 0 Å². The van der Waals surface area contributed by atoms with Crippen LogP contribution in [-0.4, -0.2) is 36.6 Å². The first kappa shape index (κ1) is 13.5. The number of rotatable bonds is 5. The first-order valence-corrected chi connectivity index (χ1v) is 6.55. The van der Waals surface area contributed by atoms with Gasteiger partial charge in [0.2, 0.25) is 0 Å². The molecule has 0 amide bonds. The van der Waals surface area contributed by atoms with Crippen molar-refractivity contribution in [3.63, 3.8) is 0 Å². The summed E-state index contributed by atoms with van der Waals surface area (Å²) in [5.41, 5.74) is 0. The Balaban J connectivity index is 2.53. The SMILES string of the molecule is CCC(C#N)N(CC1CCCNC1)C(C)C. The molecule has 0 aromatic rings. The van der Waals surface area contributed by atoms with Crippen molar-refractivity contribution in [2.24, 2.45) is 5.92 Å². The third-order valence-corrected chi connectivity index (χ3v) is 3.47. The maximum Gasteiger partial charge on any atom is 0.0977 e. The molecular weight excluding hydrogens is 198 g/mol. The average Bonchev–Trinajstić information content (AvgIpc) is 2.30. The summed E-state index contributed by atoms with van der Waals surface area (Å²) in [4.78, 5) is 2.36. The first-order chi connectivity index (χ1) is 7.69. The van der Waals surface area contributed by atoms with Gasteiger partial charge in [0, 0.05) is 12.6 Å². The summed E-state index contributed by atoms with van der Waals surface area (Å²) in [5, 5.41) is 12.6. The Kier molecular flexibility index (Phi) is 5.79. The van der Waals surface area contributed by atoms with Gasteiger partial charge in [-0.05, 0) is 52.1 Å². The van der Waals surface area contributed by atoms with Gasteiger partial charge in [-0.2, -0.15) is 5.26 Å². The molecule has 1 N–H and O–H groups in total. The third kappa shape index (κ3) is 3.77. The van der Waals surface area contributed by atoms with Crippen molar-refractivity contribution in [1.82, 2.24) is 10.2 Å². The molecule has 16 heavy (non-hydrogen) atoms. The molecule has 0 aliphatic carbocycles. The minimum absolute atomic E-state index is 0.0851. The van der Waals surface area contributed by atoms with Gasteiger partial charge in [0.15, 0.2) is 0 Å². The molecule has 2 atom stereocenters. The molecule has 0 bridgehead atoms. The minimum Gasteiger partial charge on any atom is -0.316 e. The van der Waals surface area contributed by atoms with Gasteiger partial charge < -0.3 is 5.32 Å². The highest BCUT2D eigenvalue weighted by molar-refractivity contribution is 4.93. The molecule has 2 unspecified atom stereocenters. The van der Waals surface area contributed by atoms with Crippen LogP contribution in [0.1, 0.15) is 40.0 Å². The molecule has 1 rings (SSSR count). The monoisotopic (exact) mass is 223 g/mol. The molecule has 1 aliphatic heterocycles. The number of nitrogens with zero attached hydrogens (tertiary/aromatic N) is 2. The van der Waals surface area contributed by atoms with Gasteiger partial charge in [-0.3, -0.25) is 4.90 Å². The van der Waals surface area contributed by atoms with Crippen LogP contribution in [0.2, 0.25) is 0 Å². The molecule has 3 nitrogen and oxygen atoms in total. The van der Waals surface area contributed by atoms with Gasteiger partial charge in [0.05, 0.1) is 12.1 Å². The van der Waals surface area contributed by atoms with Crippen molar-refractivity contribution >= 4 is 0 Å². The highest BCUT2D eigenvalue weighted by atomic mass is 15.2. The van der Waals surface area contributed by atoms with E-state index < -0.39 is 0 Å². The van der Waals surface area contributed by atoms with E-state index in [-0.39, 0.29) is 6.04 Å². The van der Waals surface area contributed by atoms with Crippen molar-refractivity contribution in [2.45, 2.75) is 52.1 Å². The quantitative estimate of drug-likeness (QED) is 0.775. The van der Waals surface area contributed by atoms with E-state index in [2.05, 4.69) is 37.1 Å². The lowest BCUT2D eigenvalue weighted by Crippen LogP contribution is -2.45. The number of hydrogen-bond donors (Lipinski definition) is 1. The van der Waals surface area contributed by atoms with Gasteiger partial charge >= 0.3 is 0 Å². The van der Waals surface area contributed by atoms with Crippen molar-refractivity contribution in [3.8, 4) is 6.07 Å². The number of nitrogens with one attached hydrogen (secondary N) is 1. The standard InChI is InChI=1S/C13H25N3/c1-4-13(8-14)16(11(2)3)10-12-6-5-7-15-9-12/h11-13,15H,4-7,9-10H2,1-3H3. The molecule has 0 saturated carbocycles. The minimum atomic E-state index is 0.0851. The maximum absolute atomic E-state index is 9.17. The first-order valence-electron chi connectivity index (χ1n) is 6.55. The van der Waals surface area contributed by atoms with E-state index >= 15 is 0 Å². The summed E-state index contributed by atoms with van der Waals surface area (Å²) in [6.45, 7) is 9.82. The number of piperidine rings is 1. The fraction of sp³-hybridized carbons (Fsp3) is 0.923. The summed E-state index contributed by atoms with van der Waals surface area (Å²) >= 11 is 0. The Morgan fingerprint density at radius 3 is 2.69 bits per heavy atom. The Morgan fingerprint density at radius 2 is 2.25 bits per heavy atom. The van der Waals surface area contributed by atoms with Gasteiger partial charge in [-0.25, -0.2) is 0 Å². The Hall–Kier alpha value is -0.590. The molecule has 0 spiro atoms. The van der Waals surface area contributed by atoms with E-state index in [4.69, 9.17) is 5.26 Å². The molecule has 1 fully saturated rings. The van der Waals surface area contributed by atoms with Crippen LogP contribution in [-0.2, 0) is 0 Å². The van der Waals surface area contributed by atoms with E-state index in [1.54, 1.807) is 0 Å². The normalized spacial score (nSPS) is 23.4. The van der Waals surface area contributed by atoms with Gasteiger partial charge in [-0.15, -0.1) is 0 Å². The van der Waals surface area contributed by atoms with E-state index in [0.717, 1.165) is 32.0 Å². The van der Waals surface area contributed by atoms with Crippen molar-refractivity contribution in [2.75, 3.05) is 19.6 Å². The Bertz CT molecular complexity index is 226. The van der Waals surface area contributed by atoms with Gasteiger partial charge in [0.25, 0.3) is 0 Å². The van der Waals surface area contributed by atoms with E-state index in [1.165, 1.54) is 12.8 Å². The number of nitriles is 1. The van der Waals surface area contributed by atoms with Crippen LogP contribution in [0, 0.1) is 17.2 Å². The van der Waals surface area contributed by atoms with Crippen LogP contribution in [0.3, 0.4) is 0 Å². The van der Waals surface area contributed by atoms with Crippen molar-refractivity contribution in [3.05, 3.63) is 0 Å². The highest BCUT2D eigenvalue weighted by Gasteiger charge is 2.23. The zero-order valence-corrected chi connectivity index (χ0v) is 10.9. The van der Waals surface area contributed by atoms with Crippen LogP contribution >= 0.6 is 0 Å². The summed E-state index contributed by atoms with van der Waals surface area (Å²) < 4.78 is 0. The topological polar surface area (TPSA) is 39.1 Å². The molecule has 0 aromatic carbocycles. The molecule has 1 aliphatic rings. The fourth-order valence-electron chi connectivity index (χ4n) is 2.48. The Morgan fingerprint density at radius 1 is 1.50 bits per heavy atom. The molecule has 0 aromatic heterocycles.